The molecule has 10 fully saturated rings. The van der Waals surface area contributed by atoms with Gasteiger partial charge in [0.1, 0.15) is 249 Å². The van der Waals surface area contributed by atoms with Crippen molar-refractivity contribution in [2.75, 3.05) is 126 Å². The third-order valence-corrected chi connectivity index (χ3v) is 21.8. The Balaban J connectivity index is 0.695. The monoisotopic (exact) mass is 1640 g/mol. The Labute approximate surface area is 625 Å². The van der Waals surface area contributed by atoms with Crippen LogP contribution in [-0.2, 0) is 90.0 Å². The van der Waals surface area contributed by atoms with Gasteiger partial charge in [0.2, 0.25) is 52.1 Å². The molecule has 0 radical (unpaired) electrons. The smallest absolute Gasteiger partial charge is 0.224 e. The number of aliphatic hydroxyl groups is 32. The largest absolute Gasteiger partial charge is 0.394 e. The van der Waals surface area contributed by atoms with Crippen molar-refractivity contribution in [2.45, 2.75) is 248 Å². The summed E-state index contributed by atoms with van der Waals surface area (Å²) in [6.07, 6.45) is -63.3. The second-order valence-electron chi connectivity index (χ2n) is 28.5. The fourth-order valence-electron chi connectivity index (χ4n) is 14.7. The van der Waals surface area contributed by atoms with Crippen molar-refractivity contribution >= 4 is 0 Å². The standard InChI is InChI=1S/C60H102O51/c61-1-20-30(72)40(82)41(83)51(101-20)111-60(19-71)50(92)39(81)29(110-60)10-100-59(18-70)49(91)38(80)28(109-59)9-99-58(17-69)48(90)37(79)27(108-58)8-98-57(16-68)47(89)36(78)26(107-57)7-97-56(15-67)46(88)35(77)25(106-56)6-96-55(14-66)45(87)34(76)24(105-55)5-95-54(13-65)44(86)33(75)23(104-54)4-94-53(12-64)43(85)32(74)22(103-53)3-93-52(11-63)42(84)31(73)21(2-62)102-52/h20-51,61-92H,1-19H2/t20-,21+,22+,23+,24+,25+,26+,27+,28+,29+,30-,31+,32+,33+,34+,35+,36+,37+,38+,39+,40+,41-,42-,43-,44-,45-,46-,47-,48-,49-,50-,51-,52+,53+,54+,55+,56+,57+,58+,59+,60-/m1/s1. The highest BCUT2D eigenvalue weighted by atomic mass is 16.8. The molecule has 41 atom stereocenters. The van der Waals surface area contributed by atoms with Crippen LogP contribution in [0.1, 0.15) is 0 Å². The van der Waals surface area contributed by atoms with Crippen molar-refractivity contribution in [3.05, 3.63) is 0 Å². The Kier molecular flexibility index (Phi) is 29.4. The number of rotatable bonds is 37. The molecule has 10 aliphatic heterocycles. The van der Waals surface area contributed by atoms with Crippen LogP contribution in [0.25, 0.3) is 0 Å². The van der Waals surface area contributed by atoms with E-state index >= 15 is 0 Å². The van der Waals surface area contributed by atoms with E-state index in [1.54, 1.807) is 0 Å². The first-order valence-electron chi connectivity index (χ1n) is 34.9. The summed E-state index contributed by atoms with van der Waals surface area (Å²) in [4.78, 5) is 0. The summed E-state index contributed by atoms with van der Waals surface area (Å²) in [5.41, 5.74) is 0. The van der Waals surface area contributed by atoms with E-state index in [-0.39, 0.29) is 0 Å². The van der Waals surface area contributed by atoms with E-state index in [0.717, 1.165) is 0 Å². The molecule has 10 heterocycles. The normalized spacial score (nSPS) is 52.8. The van der Waals surface area contributed by atoms with Crippen LogP contribution < -0.4 is 0 Å². The van der Waals surface area contributed by atoms with Crippen LogP contribution in [0, 0.1) is 0 Å². The molecular formula is C60H102O51. The summed E-state index contributed by atoms with van der Waals surface area (Å²) in [5, 5.41) is 343. The topological polar surface area (TPSA) is 823 Å². The molecule has 0 aromatic carbocycles. The van der Waals surface area contributed by atoms with E-state index in [4.69, 9.17) is 90.0 Å². The lowest BCUT2D eigenvalue weighted by Gasteiger charge is -2.43. The molecule has 10 rings (SSSR count). The molecule has 0 unspecified atom stereocenters. The van der Waals surface area contributed by atoms with Crippen molar-refractivity contribution in [3.8, 4) is 0 Å². The van der Waals surface area contributed by atoms with Gasteiger partial charge >= 0.3 is 0 Å². The molecule has 648 valence electrons. The lowest BCUT2D eigenvalue weighted by Crippen LogP contribution is -2.62. The summed E-state index contributed by atoms with van der Waals surface area (Å²) >= 11 is 0. The van der Waals surface area contributed by atoms with Crippen molar-refractivity contribution in [2.24, 2.45) is 0 Å². The molecule has 0 spiro atoms. The fourth-order valence-corrected chi connectivity index (χ4v) is 14.7. The van der Waals surface area contributed by atoms with E-state index in [1.165, 1.54) is 0 Å². The number of ether oxygens (including phenoxy) is 19. The molecular weight excluding hydrogens is 1540 g/mol. The average molecular weight is 1640 g/mol. The van der Waals surface area contributed by atoms with Crippen LogP contribution in [0.15, 0.2) is 0 Å². The molecule has 32 N–H and O–H groups in total. The van der Waals surface area contributed by atoms with Gasteiger partial charge in [-0.3, -0.25) is 0 Å². The lowest BCUT2D eigenvalue weighted by molar-refractivity contribution is -0.385. The Morgan fingerprint density at radius 2 is 0.342 bits per heavy atom. The second kappa shape index (κ2) is 35.7. The molecule has 111 heavy (non-hydrogen) atoms. The lowest BCUT2D eigenvalue weighted by atomic mass is 9.99. The molecule has 0 bridgehead atoms. The van der Waals surface area contributed by atoms with E-state index in [0.29, 0.717) is 0 Å². The van der Waals surface area contributed by atoms with Gasteiger partial charge in [0.25, 0.3) is 0 Å². The van der Waals surface area contributed by atoms with E-state index in [2.05, 4.69) is 0 Å². The maximum Gasteiger partial charge on any atom is 0.224 e. The second-order valence-corrected chi connectivity index (χ2v) is 28.5. The Morgan fingerprint density at radius 3 is 0.514 bits per heavy atom. The molecule has 0 aromatic rings. The summed E-state index contributed by atoms with van der Waals surface area (Å²) in [6, 6.07) is 0. The predicted molar refractivity (Wildman–Crippen MR) is 330 cm³/mol. The van der Waals surface area contributed by atoms with E-state index < -0.39 is 373 Å². The molecule has 10 saturated heterocycles. The SMILES string of the molecule is OC[C@@H]1O[C@](CO)(OC[C@@H]2O[C@](CO)(OC[C@@H]3O[C@](CO)(OC[C@@H]4O[C@](CO)(OC[C@@H]5O[C@](CO)(OC[C@@H]6O[C@](CO)(OC[C@@H]7O[C@](CO)(OC[C@@H]8O[C@](CO)(OC[C@@H]9O[C@](CO)(O[C@H]%10O[C@H](CO)[C@@H](O)[C@H](O)[C@H]%10O)[C@H](O)[C@H]9O)[C@H](O)[C@H]8O)[C@H](O)[C@H]7O)[C@H](O)[C@H]6O)[C@H](O)[C@H]5O)[C@H](O)[C@H]4O)[C@H](O)[C@H]3O)[C@H](O)[C@H]2O)[C@H](O)[C@H]1O. The average Bonchev–Trinajstić information content (AvgIpc) is 1.60. The summed E-state index contributed by atoms with van der Waals surface area (Å²) < 4.78 is 106. The zero-order valence-corrected chi connectivity index (χ0v) is 58.5. The number of hydrogen-bond donors (Lipinski definition) is 32. The zero-order chi connectivity index (χ0) is 81.8. The van der Waals surface area contributed by atoms with Crippen LogP contribution >= 0.6 is 0 Å². The first-order valence-corrected chi connectivity index (χ1v) is 34.9. The van der Waals surface area contributed by atoms with Crippen LogP contribution in [0.5, 0.6) is 0 Å². The van der Waals surface area contributed by atoms with Crippen LogP contribution in [0.4, 0.5) is 0 Å². The van der Waals surface area contributed by atoms with Gasteiger partial charge in [0.05, 0.1) is 66.1 Å². The van der Waals surface area contributed by atoms with E-state index in [1.807, 2.05) is 0 Å². The van der Waals surface area contributed by atoms with Crippen LogP contribution in [0.3, 0.4) is 0 Å². The summed E-state index contributed by atoms with van der Waals surface area (Å²) in [6.45, 7) is -21.1. The van der Waals surface area contributed by atoms with Crippen LogP contribution in [0.2, 0.25) is 0 Å². The highest BCUT2D eigenvalue weighted by Crippen LogP contribution is 2.46. The fraction of sp³-hybridized carbons (Fsp3) is 1.00. The Bertz CT molecular complexity index is 2950. The van der Waals surface area contributed by atoms with Crippen LogP contribution in [-0.4, -0.2) is 537 Å². The number of hydrogen-bond acceptors (Lipinski definition) is 51. The highest BCUT2D eigenvalue weighted by molar-refractivity contribution is 5.08. The van der Waals surface area contributed by atoms with Crippen molar-refractivity contribution in [3.63, 3.8) is 0 Å². The van der Waals surface area contributed by atoms with Gasteiger partial charge in [0, 0.05) is 0 Å². The molecule has 51 nitrogen and oxygen atoms in total. The van der Waals surface area contributed by atoms with Gasteiger partial charge < -0.3 is 253 Å². The van der Waals surface area contributed by atoms with Crippen molar-refractivity contribution < 1.29 is 253 Å². The van der Waals surface area contributed by atoms with Crippen molar-refractivity contribution in [1.82, 2.24) is 0 Å². The molecule has 0 aromatic heterocycles. The van der Waals surface area contributed by atoms with E-state index in [9.17, 15) is 163 Å². The minimum absolute atomic E-state index is 0.812. The van der Waals surface area contributed by atoms with Crippen molar-refractivity contribution in [1.29, 1.82) is 0 Å². The predicted octanol–water partition coefficient (Wildman–Crippen LogP) is -22.8. The van der Waals surface area contributed by atoms with Gasteiger partial charge in [-0.2, -0.15) is 0 Å². The first kappa shape index (κ1) is 91.3. The Hall–Kier alpha value is -2.04. The van der Waals surface area contributed by atoms with Gasteiger partial charge in [-0.1, -0.05) is 0 Å². The van der Waals surface area contributed by atoms with Gasteiger partial charge in [-0.15, -0.1) is 0 Å². The maximum absolute atomic E-state index is 11.3. The summed E-state index contributed by atoms with van der Waals surface area (Å²) in [5.74, 6) is -23.7. The molecule has 10 aliphatic rings. The molecule has 0 amide bonds. The maximum atomic E-state index is 11.3. The third kappa shape index (κ3) is 16.3. The van der Waals surface area contributed by atoms with Gasteiger partial charge in [-0.05, 0) is 0 Å². The third-order valence-electron chi connectivity index (χ3n) is 21.8. The summed E-state index contributed by atoms with van der Waals surface area (Å²) in [7, 11) is 0. The first-order chi connectivity index (χ1) is 52.4. The van der Waals surface area contributed by atoms with Gasteiger partial charge in [-0.25, -0.2) is 0 Å². The zero-order valence-electron chi connectivity index (χ0n) is 58.5. The molecule has 0 aliphatic carbocycles. The minimum Gasteiger partial charge on any atom is -0.394 e. The number of aliphatic hydroxyl groups excluding tert-OH is 32. The quantitative estimate of drug-likeness (QED) is 0.0275. The molecule has 51 heteroatoms. The molecule has 0 saturated carbocycles. The van der Waals surface area contributed by atoms with Gasteiger partial charge in [0.15, 0.2) is 6.29 Å². The highest BCUT2D eigenvalue weighted by Gasteiger charge is 2.67. The Morgan fingerprint density at radius 1 is 0.180 bits per heavy atom. The minimum atomic E-state index is -2.71.